The molecule has 1 aromatic carbocycles. The summed E-state index contributed by atoms with van der Waals surface area (Å²) in [4.78, 5) is 16.7. The molecule has 0 saturated carbocycles. The molecular formula is C26H37IN6. The molecule has 0 amide bonds. The van der Waals surface area contributed by atoms with E-state index in [4.69, 9.17) is 4.99 Å². The minimum atomic E-state index is 0. The van der Waals surface area contributed by atoms with Crippen molar-refractivity contribution in [1.29, 1.82) is 0 Å². The Bertz CT molecular complexity index is 911. The van der Waals surface area contributed by atoms with Crippen molar-refractivity contribution in [2.45, 2.75) is 26.3 Å². The molecule has 4 rings (SSSR count). The lowest BCUT2D eigenvalue weighted by Crippen LogP contribution is -2.45. The second kappa shape index (κ2) is 12.9. The maximum absolute atomic E-state index is 4.97. The van der Waals surface area contributed by atoms with E-state index in [1.54, 1.807) is 0 Å². The summed E-state index contributed by atoms with van der Waals surface area (Å²) in [6.45, 7) is 9.95. The number of pyridine rings is 1. The van der Waals surface area contributed by atoms with Crippen LogP contribution >= 0.6 is 24.0 Å². The van der Waals surface area contributed by atoms with Crippen molar-refractivity contribution >= 4 is 41.8 Å². The third-order valence-corrected chi connectivity index (χ3v) is 6.26. The molecule has 1 aromatic heterocycles. The van der Waals surface area contributed by atoms with E-state index < -0.39 is 0 Å². The number of hydrogen-bond acceptors (Lipinski definition) is 4. The maximum atomic E-state index is 4.97. The van der Waals surface area contributed by atoms with Gasteiger partial charge < -0.3 is 20.0 Å². The lowest BCUT2D eigenvalue weighted by atomic mass is 10.0. The highest BCUT2D eigenvalue weighted by Crippen LogP contribution is 2.20. The van der Waals surface area contributed by atoms with Gasteiger partial charge in [-0.15, -0.1) is 24.0 Å². The van der Waals surface area contributed by atoms with Gasteiger partial charge in [0, 0.05) is 52.0 Å². The fraction of sp³-hybridized carbons (Fsp3) is 0.462. The standard InChI is InChI=1S/C26H36N6.HI/c1-3-27-26(32-13-10-23(11-14-32)19-22-7-5-4-6-8-22)29-21-24-9-12-28-25(20-24)31-17-15-30(2)16-18-31;/h4-9,12,19-20H,3,10-11,13-18,21H2,1-2H3,(H,27,29);1H. The van der Waals surface area contributed by atoms with Gasteiger partial charge in [-0.1, -0.05) is 42.0 Å². The van der Waals surface area contributed by atoms with Crippen LogP contribution in [0.2, 0.25) is 0 Å². The number of likely N-dealkylation sites (N-methyl/N-ethyl adjacent to an activating group) is 1. The molecule has 0 unspecified atom stereocenters. The van der Waals surface area contributed by atoms with Crippen LogP contribution in [0.3, 0.4) is 0 Å². The second-order valence-corrected chi connectivity index (χ2v) is 8.68. The van der Waals surface area contributed by atoms with Crippen LogP contribution in [0.15, 0.2) is 59.2 Å². The molecule has 0 atom stereocenters. The number of aliphatic imine (C=N–C) groups is 1. The van der Waals surface area contributed by atoms with E-state index in [0.29, 0.717) is 6.54 Å². The van der Waals surface area contributed by atoms with E-state index in [2.05, 4.69) is 87.5 Å². The van der Waals surface area contributed by atoms with Crippen molar-refractivity contribution in [3.8, 4) is 0 Å². The number of halogens is 1. The first kappa shape index (κ1) is 25.5. The molecule has 3 heterocycles. The number of nitrogens with one attached hydrogen (secondary N) is 1. The Hall–Kier alpha value is -2.13. The topological polar surface area (TPSA) is 47.0 Å². The predicted molar refractivity (Wildman–Crippen MR) is 149 cm³/mol. The average molecular weight is 561 g/mol. The average Bonchev–Trinajstić information content (AvgIpc) is 2.84. The van der Waals surface area contributed by atoms with Gasteiger partial charge >= 0.3 is 0 Å². The lowest BCUT2D eigenvalue weighted by Gasteiger charge is -2.33. The van der Waals surface area contributed by atoms with Gasteiger partial charge in [0.25, 0.3) is 0 Å². The van der Waals surface area contributed by atoms with Crippen LogP contribution in [0.25, 0.3) is 6.08 Å². The minimum absolute atomic E-state index is 0. The number of nitrogens with zero attached hydrogens (tertiary/aromatic N) is 5. The lowest BCUT2D eigenvalue weighted by molar-refractivity contribution is 0.312. The van der Waals surface area contributed by atoms with Crippen molar-refractivity contribution in [2.24, 2.45) is 4.99 Å². The zero-order valence-electron chi connectivity index (χ0n) is 19.9. The Morgan fingerprint density at radius 1 is 1.03 bits per heavy atom. The molecule has 0 aliphatic carbocycles. The Labute approximate surface area is 215 Å². The summed E-state index contributed by atoms with van der Waals surface area (Å²) >= 11 is 0. The molecule has 178 valence electrons. The number of hydrogen-bond donors (Lipinski definition) is 1. The highest BCUT2D eigenvalue weighted by Gasteiger charge is 2.18. The number of piperidine rings is 1. The van der Waals surface area contributed by atoms with Gasteiger partial charge in [-0.2, -0.15) is 0 Å². The summed E-state index contributed by atoms with van der Waals surface area (Å²) in [5, 5.41) is 3.49. The molecule has 0 spiro atoms. The highest BCUT2D eigenvalue weighted by molar-refractivity contribution is 14.0. The number of anilines is 1. The van der Waals surface area contributed by atoms with Crippen molar-refractivity contribution in [1.82, 2.24) is 20.1 Å². The molecule has 2 aromatic rings. The van der Waals surface area contributed by atoms with Crippen LogP contribution in [0.5, 0.6) is 0 Å². The van der Waals surface area contributed by atoms with E-state index in [1.807, 2.05) is 6.20 Å². The largest absolute Gasteiger partial charge is 0.357 e. The Kier molecular flexibility index (Phi) is 9.99. The number of benzene rings is 1. The smallest absolute Gasteiger partial charge is 0.194 e. The molecule has 0 radical (unpaired) electrons. The molecule has 0 bridgehead atoms. The van der Waals surface area contributed by atoms with Gasteiger partial charge in [0.1, 0.15) is 5.82 Å². The van der Waals surface area contributed by atoms with Crippen LogP contribution in [0.1, 0.15) is 30.9 Å². The van der Waals surface area contributed by atoms with Gasteiger partial charge in [0.15, 0.2) is 5.96 Å². The van der Waals surface area contributed by atoms with Gasteiger partial charge in [-0.05, 0) is 50.1 Å². The molecule has 2 saturated heterocycles. The van der Waals surface area contributed by atoms with Crippen LogP contribution in [-0.4, -0.2) is 73.6 Å². The Morgan fingerprint density at radius 3 is 2.45 bits per heavy atom. The number of rotatable bonds is 5. The van der Waals surface area contributed by atoms with Crippen molar-refractivity contribution in [3.63, 3.8) is 0 Å². The van der Waals surface area contributed by atoms with E-state index in [9.17, 15) is 0 Å². The molecular weight excluding hydrogens is 523 g/mol. The van der Waals surface area contributed by atoms with Crippen LogP contribution in [0, 0.1) is 0 Å². The van der Waals surface area contributed by atoms with Crippen LogP contribution in [-0.2, 0) is 6.54 Å². The normalized spacial score (nSPS) is 17.5. The van der Waals surface area contributed by atoms with E-state index >= 15 is 0 Å². The second-order valence-electron chi connectivity index (χ2n) is 8.68. The van der Waals surface area contributed by atoms with E-state index in [0.717, 1.165) is 70.4 Å². The third-order valence-electron chi connectivity index (χ3n) is 6.26. The molecule has 2 aliphatic heterocycles. The van der Waals surface area contributed by atoms with E-state index in [-0.39, 0.29) is 24.0 Å². The summed E-state index contributed by atoms with van der Waals surface area (Å²) in [7, 11) is 2.18. The van der Waals surface area contributed by atoms with Gasteiger partial charge in [0.2, 0.25) is 0 Å². The first-order chi connectivity index (χ1) is 15.7. The molecule has 6 nitrogen and oxygen atoms in total. The zero-order valence-corrected chi connectivity index (χ0v) is 22.2. The third kappa shape index (κ3) is 7.43. The SMILES string of the molecule is CCNC(=NCc1ccnc(N2CCN(C)CC2)c1)N1CCC(=Cc2ccccc2)CC1.I. The first-order valence-corrected chi connectivity index (χ1v) is 11.9. The number of piperazine rings is 1. The Balaban J connectivity index is 0.00000306. The predicted octanol–water partition coefficient (Wildman–Crippen LogP) is 4.10. The highest BCUT2D eigenvalue weighted by atomic mass is 127. The van der Waals surface area contributed by atoms with Crippen LogP contribution in [0.4, 0.5) is 5.82 Å². The zero-order chi connectivity index (χ0) is 22.2. The fourth-order valence-electron chi connectivity index (χ4n) is 4.29. The van der Waals surface area contributed by atoms with Crippen LogP contribution < -0.4 is 10.2 Å². The number of aromatic nitrogens is 1. The number of guanidine groups is 1. The molecule has 2 fully saturated rings. The maximum Gasteiger partial charge on any atom is 0.194 e. The molecule has 1 N–H and O–H groups in total. The molecule has 33 heavy (non-hydrogen) atoms. The summed E-state index contributed by atoms with van der Waals surface area (Å²) in [5.74, 6) is 2.09. The monoisotopic (exact) mass is 560 g/mol. The quantitative estimate of drug-likeness (QED) is 0.339. The molecule has 7 heteroatoms. The van der Waals surface area contributed by atoms with Gasteiger partial charge in [0.05, 0.1) is 6.54 Å². The molecule has 2 aliphatic rings. The first-order valence-electron chi connectivity index (χ1n) is 11.9. The van der Waals surface area contributed by atoms with Crippen molar-refractivity contribution < 1.29 is 0 Å². The van der Waals surface area contributed by atoms with Crippen molar-refractivity contribution in [2.75, 3.05) is 57.8 Å². The summed E-state index contributed by atoms with van der Waals surface area (Å²) in [6.07, 6.45) is 6.44. The van der Waals surface area contributed by atoms with E-state index in [1.165, 1.54) is 16.7 Å². The van der Waals surface area contributed by atoms with Gasteiger partial charge in [-0.3, -0.25) is 0 Å². The summed E-state index contributed by atoms with van der Waals surface area (Å²) in [6, 6.07) is 14.9. The number of likely N-dealkylation sites (tertiary alicyclic amines) is 1. The van der Waals surface area contributed by atoms with Gasteiger partial charge in [-0.25, -0.2) is 9.98 Å². The Morgan fingerprint density at radius 2 is 1.76 bits per heavy atom. The van der Waals surface area contributed by atoms with Crippen molar-refractivity contribution in [3.05, 3.63) is 65.4 Å². The summed E-state index contributed by atoms with van der Waals surface area (Å²) < 4.78 is 0. The summed E-state index contributed by atoms with van der Waals surface area (Å²) in [5.41, 5.74) is 4.03. The minimum Gasteiger partial charge on any atom is -0.357 e. The fourth-order valence-corrected chi connectivity index (χ4v) is 4.29.